The zero-order valence-electron chi connectivity index (χ0n) is 24.1. The zero-order valence-corrected chi connectivity index (χ0v) is 24.1. The van der Waals surface area contributed by atoms with Gasteiger partial charge in [0.15, 0.2) is 0 Å². The first kappa shape index (κ1) is 35.5. The van der Waals surface area contributed by atoms with Gasteiger partial charge in [-0.1, -0.05) is 39.3 Å². The third-order valence-electron chi connectivity index (χ3n) is 5.54. The largest absolute Gasteiger partial charge is 0.422 e. The minimum atomic E-state index is -4.65. The van der Waals surface area contributed by atoms with Crippen LogP contribution in [0.25, 0.3) is 0 Å². The highest BCUT2D eigenvalue weighted by molar-refractivity contribution is 5.38. The molecule has 0 spiro atoms. The second-order valence-electron chi connectivity index (χ2n) is 8.70. The first-order valence-electron chi connectivity index (χ1n) is 13.2. The maximum absolute atomic E-state index is 13.0. The van der Waals surface area contributed by atoms with Crippen molar-refractivity contribution in [3.63, 3.8) is 0 Å². The molecule has 10 heteroatoms. The Kier molecular flexibility index (Phi) is 17.1. The quantitative estimate of drug-likeness (QED) is 0.343. The van der Waals surface area contributed by atoms with Crippen LogP contribution < -0.4 is 10.9 Å². The van der Waals surface area contributed by atoms with Crippen molar-refractivity contribution >= 4 is 5.82 Å². The monoisotopic (exact) mass is 548 g/mol. The van der Waals surface area contributed by atoms with E-state index in [0.717, 1.165) is 37.2 Å². The van der Waals surface area contributed by atoms with Crippen LogP contribution >= 0.6 is 0 Å². The number of nitrogens with one attached hydrogen (secondary N) is 2. The Morgan fingerprint density at radius 2 is 1.97 bits per heavy atom. The van der Waals surface area contributed by atoms with Gasteiger partial charge in [0, 0.05) is 19.3 Å². The number of fused-ring (bicyclic) bond motifs is 1. The van der Waals surface area contributed by atoms with Gasteiger partial charge < -0.3 is 5.32 Å². The molecule has 2 N–H and O–H groups in total. The maximum atomic E-state index is 13.0. The molecule has 0 fully saturated rings. The van der Waals surface area contributed by atoms with Gasteiger partial charge in [-0.25, -0.2) is 10.1 Å². The van der Waals surface area contributed by atoms with Gasteiger partial charge in [-0.15, -0.1) is 13.2 Å². The highest BCUT2D eigenvalue weighted by atomic mass is 19.4. The number of aromatic nitrogens is 3. The van der Waals surface area contributed by atoms with Gasteiger partial charge in [-0.2, -0.15) is 23.5 Å². The smallest absolute Gasteiger partial charge is 0.370 e. The Morgan fingerprint density at radius 1 is 1.33 bits per heavy atom. The summed E-state index contributed by atoms with van der Waals surface area (Å²) in [5.41, 5.74) is -0.262. The summed E-state index contributed by atoms with van der Waals surface area (Å²) >= 11 is 0. The summed E-state index contributed by atoms with van der Waals surface area (Å²) in [7, 11) is 1.85. The standard InChI is InChI=1S/C14H18F3N3O.C9H11N3.C4H8.C2H6/c1-8(2)6-7-20(3)10-5-4-9-11(14(15,16)17)13(21)19-18-12(9)10;1-2-5-11-9-4-3-8(6-10)7-12-9;1-3-4-2;1-2/h10H,1,4-7H2,2-3H3,(H,19,21);3-4,7H,2,5H2,1H3,(H,11,12);3H,1,4H2,2H3;1-2H3. The number of alkyl halides is 3. The Hall–Kier alpha value is -3.45. The number of pyridine rings is 1. The number of H-pyrrole nitrogens is 1. The number of nitriles is 1. The SMILES string of the molecule is C=C(C)CCN(C)C1CCc2c1n[nH]c(=O)c2C(F)(F)F.C=CCC.CC.CCCNc1ccc(C#N)cn1. The van der Waals surface area contributed by atoms with Crippen LogP contribution in [0.15, 0.2) is 47.9 Å². The van der Waals surface area contributed by atoms with E-state index in [0.29, 0.717) is 24.2 Å². The third kappa shape index (κ3) is 12.3. The van der Waals surface area contributed by atoms with Crippen molar-refractivity contribution in [2.24, 2.45) is 0 Å². The van der Waals surface area contributed by atoms with E-state index in [1.54, 1.807) is 12.3 Å². The molecule has 0 aliphatic heterocycles. The summed E-state index contributed by atoms with van der Waals surface area (Å²) in [5, 5.41) is 17.5. The van der Waals surface area contributed by atoms with Gasteiger partial charge in [-0.05, 0) is 63.8 Å². The van der Waals surface area contributed by atoms with Crippen molar-refractivity contribution < 1.29 is 13.2 Å². The van der Waals surface area contributed by atoms with E-state index in [1.807, 2.05) is 56.0 Å². The molecule has 0 aromatic carbocycles. The molecular formula is C29H43F3N6O. The number of nitrogens with zero attached hydrogens (tertiary/aromatic N) is 4. The molecule has 2 aromatic heterocycles. The fourth-order valence-corrected chi connectivity index (χ4v) is 3.52. The molecule has 7 nitrogen and oxygen atoms in total. The van der Waals surface area contributed by atoms with Crippen LogP contribution in [0.5, 0.6) is 0 Å². The minimum Gasteiger partial charge on any atom is -0.370 e. The third-order valence-corrected chi connectivity index (χ3v) is 5.54. The Balaban J connectivity index is 0.000000676. The second kappa shape index (κ2) is 18.7. The van der Waals surface area contributed by atoms with Crippen LogP contribution in [0.1, 0.15) is 88.7 Å². The Bertz CT molecular complexity index is 1100. The van der Waals surface area contributed by atoms with Crippen LogP contribution in [-0.2, 0) is 12.6 Å². The topological polar surface area (TPSA) is 97.7 Å². The average Bonchev–Trinajstić information content (AvgIpc) is 3.35. The van der Waals surface area contributed by atoms with E-state index >= 15 is 0 Å². The van der Waals surface area contributed by atoms with Crippen molar-refractivity contribution in [1.82, 2.24) is 20.1 Å². The highest BCUT2D eigenvalue weighted by Crippen LogP contribution is 2.39. The Labute approximate surface area is 230 Å². The fourth-order valence-electron chi connectivity index (χ4n) is 3.52. The van der Waals surface area contributed by atoms with Crippen molar-refractivity contribution in [3.8, 4) is 6.07 Å². The maximum Gasteiger partial charge on any atom is 0.422 e. The van der Waals surface area contributed by atoms with Crippen LogP contribution in [0.4, 0.5) is 19.0 Å². The molecule has 1 aliphatic carbocycles. The number of hydrogen-bond acceptors (Lipinski definition) is 6. The molecule has 0 amide bonds. The number of halogens is 3. The van der Waals surface area contributed by atoms with E-state index in [9.17, 15) is 18.0 Å². The molecule has 0 bridgehead atoms. The molecule has 1 unspecified atom stereocenters. The van der Waals surface area contributed by atoms with Gasteiger partial charge in [0.1, 0.15) is 17.5 Å². The van der Waals surface area contributed by atoms with Gasteiger partial charge >= 0.3 is 6.18 Å². The van der Waals surface area contributed by atoms with E-state index in [4.69, 9.17) is 5.26 Å². The second-order valence-corrected chi connectivity index (χ2v) is 8.70. The van der Waals surface area contributed by atoms with Gasteiger partial charge in [0.05, 0.1) is 17.3 Å². The summed E-state index contributed by atoms with van der Waals surface area (Å²) in [6, 6.07) is 5.39. The lowest BCUT2D eigenvalue weighted by Crippen LogP contribution is -2.28. The number of allylic oxidation sites excluding steroid dienone is 1. The van der Waals surface area contributed by atoms with Crippen molar-refractivity contribution in [2.45, 2.75) is 78.9 Å². The lowest BCUT2D eigenvalue weighted by molar-refractivity contribution is -0.139. The predicted octanol–water partition coefficient (Wildman–Crippen LogP) is 7.06. The number of anilines is 1. The molecule has 2 aromatic rings. The first-order valence-corrected chi connectivity index (χ1v) is 13.2. The average molecular weight is 549 g/mol. The normalized spacial score (nSPS) is 13.3. The first-order chi connectivity index (χ1) is 18.5. The van der Waals surface area contributed by atoms with E-state index < -0.39 is 17.3 Å². The van der Waals surface area contributed by atoms with E-state index in [-0.39, 0.29) is 18.0 Å². The number of aromatic amines is 1. The van der Waals surface area contributed by atoms with Crippen molar-refractivity contribution in [2.75, 3.05) is 25.5 Å². The molecule has 39 heavy (non-hydrogen) atoms. The van der Waals surface area contributed by atoms with Gasteiger partial charge in [0.2, 0.25) is 0 Å². The molecular weight excluding hydrogens is 505 g/mol. The van der Waals surface area contributed by atoms with Gasteiger partial charge in [-0.3, -0.25) is 9.69 Å². The molecule has 0 saturated carbocycles. The number of rotatable bonds is 8. The lowest BCUT2D eigenvalue weighted by atomic mass is 10.1. The summed E-state index contributed by atoms with van der Waals surface area (Å²) < 4.78 is 39.0. The minimum absolute atomic E-state index is 0.0402. The summed E-state index contributed by atoms with van der Waals surface area (Å²) in [6.07, 6.45) is 2.49. The zero-order chi connectivity index (χ0) is 30.0. The summed E-state index contributed by atoms with van der Waals surface area (Å²) in [4.78, 5) is 17.5. The van der Waals surface area contributed by atoms with Crippen molar-refractivity contribution in [1.29, 1.82) is 5.26 Å². The molecule has 1 aliphatic rings. The van der Waals surface area contributed by atoms with E-state index in [2.05, 4.69) is 42.4 Å². The summed E-state index contributed by atoms with van der Waals surface area (Å²) in [5.74, 6) is 0.829. The van der Waals surface area contributed by atoms with E-state index in [1.165, 1.54) is 0 Å². The molecule has 216 valence electrons. The summed E-state index contributed by atoms with van der Waals surface area (Å²) in [6.45, 7) is 19.0. The number of hydrogen-bond donors (Lipinski definition) is 2. The molecule has 0 saturated heterocycles. The van der Waals surface area contributed by atoms with Crippen LogP contribution in [0.3, 0.4) is 0 Å². The molecule has 0 radical (unpaired) electrons. The molecule has 1 atom stereocenters. The van der Waals surface area contributed by atoms with Crippen molar-refractivity contribution in [3.05, 3.63) is 75.9 Å². The lowest BCUT2D eigenvalue weighted by Gasteiger charge is -2.24. The van der Waals surface area contributed by atoms with Crippen LogP contribution in [0, 0.1) is 11.3 Å². The van der Waals surface area contributed by atoms with Gasteiger partial charge in [0.25, 0.3) is 5.56 Å². The highest BCUT2D eigenvalue weighted by Gasteiger charge is 2.41. The molecule has 2 heterocycles. The predicted molar refractivity (Wildman–Crippen MR) is 153 cm³/mol. The molecule has 3 rings (SSSR count). The van der Waals surface area contributed by atoms with Crippen LogP contribution in [0.2, 0.25) is 0 Å². The fraction of sp³-hybridized carbons (Fsp3) is 0.517. The van der Waals surface area contributed by atoms with Crippen LogP contribution in [-0.4, -0.2) is 40.2 Å². The Morgan fingerprint density at radius 3 is 2.44 bits per heavy atom.